The van der Waals surface area contributed by atoms with Crippen molar-refractivity contribution >= 4 is 112 Å². The molecule has 5 aromatic carbocycles. The van der Waals surface area contributed by atoms with Gasteiger partial charge >= 0.3 is 28.4 Å². The summed E-state index contributed by atoms with van der Waals surface area (Å²) < 4.78 is 14.2. The van der Waals surface area contributed by atoms with Crippen molar-refractivity contribution < 1.29 is 29.3 Å². The van der Waals surface area contributed by atoms with Gasteiger partial charge in [-0.1, -0.05) is 35.1 Å². The van der Waals surface area contributed by atoms with Gasteiger partial charge in [0.2, 0.25) is 0 Å². The summed E-state index contributed by atoms with van der Waals surface area (Å²) in [6.45, 7) is 31.9. The number of fused-ring (bicyclic) bond motifs is 8. The fourth-order valence-electron chi connectivity index (χ4n) is 14.7. The van der Waals surface area contributed by atoms with Gasteiger partial charge in [-0.2, -0.15) is 5.10 Å². The first-order valence-electron chi connectivity index (χ1n) is 38.2. The third kappa shape index (κ3) is 19.7. The van der Waals surface area contributed by atoms with E-state index in [-0.39, 0.29) is 128 Å². The van der Waals surface area contributed by atoms with Crippen LogP contribution in [-0.2, 0) is 16.0 Å². The number of aromatic amines is 3. The molecule has 14 rings (SSSR count). The molecule has 29 nitrogen and oxygen atoms in total. The van der Waals surface area contributed by atoms with Crippen LogP contribution in [0.15, 0.2) is 126 Å². The van der Waals surface area contributed by atoms with Crippen molar-refractivity contribution in [2.45, 2.75) is 271 Å². The number of nitrogens with two attached hydrogens (primary N) is 1. The van der Waals surface area contributed by atoms with Crippen molar-refractivity contribution in [3.05, 3.63) is 181 Å². The molecule has 29 heteroatoms. The molecule has 6 aromatic heterocycles. The van der Waals surface area contributed by atoms with Gasteiger partial charge in [0.15, 0.2) is 17.3 Å². The van der Waals surface area contributed by atoms with E-state index in [1.807, 2.05) is 176 Å². The number of aliphatic hydroxyl groups is 1. The molecule has 2 fully saturated rings. The van der Waals surface area contributed by atoms with E-state index in [0.717, 1.165) is 143 Å². The summed E-state index contributed by atoms with van der Waals surface area (Å²) >= 11 is 0. The fraction of sp³-hybridized carbons (Fsp3) is 0.488. The van der Waals surface area contributed by atoms with Crippen LogP contribution in [0, 0.1) is 20.2 Å². The smallest absolute Gasteiger partial charge is 0.329 e. The van der Waals surface area contributed by atoms with E-state index >= 15 is 0 Å². The van der Waals surface area contributed by atoms with Crippen LogP contribution in [-0.4, -0.2) is 89.5 Å². The van der Waals surface area contributed by atoms with Gasteiger partial charge in [0.1, 0.15) is 5.71 Å². The number of ketones is 3. The first-order valence-corrected chi connectivity index (χ1v) is 38.2. The minimum absolute atomic E-state index is 0. The number of nitro benzene ring substituents is 2. The Hall–Kier alpha value is -11.4. The standard InChI is InChI=1S/C20H28N4O2.C20H25N3O2.C13H17N3O3.C13H19N3O.C8H12O2.C7H5N3O3.3CH4/c1-13(2)23-17-11-10-15(12-18(17)24(14(3)4)20(23)26)21-22-16-8-6-5-7-9-19(16)25;1-11(2)22-16-9-14-13-7-5-6-8-18(24)19(13)21-15(14)10-17(16)23(12(3)4)20(22)25;1-8(2)14-11-6-5-10(16(18)19)7-12(11)15(9(3)4)13(14)17;1-8(2)15-11-6-5-10(14)7-12(11)16(9(3)4)13(15)17;9-6-7-4-2-1-3-5-8(7)10;11-7-8-5-2-1-4(10(12)13)3-6(5)9-7;;;/h10-14,21H,5-9H2,1-4H3;9-12,21H,5-8H2,1-4H3;5-9H,1-4H3;5-9H,14H2,1-4H3;6,9H,1-5H2;1-3H,(H2,8,9,11);3*1H4/b22-16+;;;;7-6-;;;;. The summed E-state index contributed by atoms with van der Waals surface area (Å²) in [4.78, 5) is 125. The SMILES string of the molecule is C.C.C.CC(C)n1c(=O)n(C(C)C)c2cc(N)ccc21.CC(C)n1c(=O)n(C(C)C)c2cc(N/N=C3\CCCCCC3=O)ccc21.CC(C)n1c(=O)n(C(C)C)c2cc([N+](=O)[O-])ccc21.CC(C)n1c(=O)n(C(C)C)c2cc3c4c([nH]c3cc21)C(=O)CCCC4.O=C1CCCCC/C1=C/O.O=c1[nH]c2ccc([N+](=O)[O-])cc2[nH]1. The van der Waals surface area contributed by atoms with Gasteiger partial charge in [-0.25, -0.2) is 24.0 Å². The van der Waals surface area contributed by atoms with Crippen molar-refractivity contribution in [3.63, 3.8) is 0 Å². The van der Waals surface area contributed by atoms with Crippen LogP contribution >= 0.6 is 0 Å². The normalized spacial score (nSPS) is 14.6. The number of carbonyl (C=O) groups is 3. The first-order chi connectivity index (χ1) is 52.1. The van der Waals surface area contributed by atoms with Gasteiger partial charge in [0.25, 0.3) is 11.4 Å². The lowest BCUT2D eigenvalue weighted by atomic mass is 10.1. The second kappa shape index (κ2) is 38.7. The number of Topliss-reactive ketones (excluding diaryl/α,β-unsaturated/α-hetero) is 3. The lowest BCUT2D eigenvalue weighted by Crippen LogP contribution is -2.26. The highest BCUT2D eigenvalue weighted by Gasteiger charge is 2.27. The number of imidazole rings is 5. The Balaban J connectivity index is 0.000000215. The van der Waals surface area contributed by atoms with E-state index < -0.39 is 9.85 Å². The van der Waals surface area contributed by atoms with Crippen molar-refractivity contribution in [2.75, 3.05) is 11.2 Å². The summed E-state index contributed by atoms with van der Waals surface area (Å²) in [5.74, 6) is 0.475. The molecule has 0 unspecified atom stereocenters. The number of nitrogens with zero attached hydrogens (tertiary/aromatic N) is 11. The number of hydrogen-bond acceptors (Lipinski definition) is 16. The summed E-state index contributed by atoms with van der Waals surface area (Å²) in [5.41, 5.74) is 21.9. The Bertz CT molecular complexity index is 5640. The molecule has 0 bridgehead atoms. The average Bonchev–Trinajstić information content (AvgIpc) is 1.58. The van der Waals surface area contributed by atoms with Crippen LogP contribution in [0.25, 0.3) is 66.1 Å². The Kier molecular flexibility index (Phi) is 31.0. The molecule has 113 heavy (non-hydrogen) atoms. The predicted octanol–water partition coefficient (Wildman–Crippen LogP) is 18.7. The maximum atomic E-state index is 12.9. The number of allylic oxidation sites excluding steroid dienone is 1. The second-order valence-electron chi connectivity index (χ2n) is 30.6. The van der Waals surface area contributed by atoms with Gasteiger partial charge in [-0.3, -0.25) is 76.6 Å². The van der Waals surface area contributed by atoms with Gasteiger partial charge < -0.3 is 25.8 Å². The second-order valence-corrected chi connectivity index (χ2v) is 30.6. The number of rotatable bonds is 12. The average molecular weight is 1560 g/mol. The fourth-order valence-corrected chi connectivity index (χ4v) is 14.7. The molecule has 0 aliphatic heterocycles. The highest BCUT2D eigenvalue weighted by Crippen LogP contribution is 2.34. The lowest BCUT2D eigenvalue weighted by Gasteiger charge is -2.08. The van der Waals surface area contributed by atoms with E-state index in [4.69, 9.17) is 10.8 Å². The number of nitrogen functional groups attached to an aromatic ring is 1. The minimum Gasteiger partial charge on any atom is -0.515 e. The molecule has 2 saturated carbocycles. The molecular formula is C84H118N16O13. The highest BCUT2D eigenvalue weighted by molar-refractivity contribution is 6.40. The zero-order valence-corrected chi connectivity index (χ0v) is 66.0. The zero-order chi connectivity index (χ0) is 80.6. The highest BCUT2D eigenvalue weighted by atomic mass is 16.6. The van der Waals surface area contributed by atoms with Crippen LogP contribution in [0.3, 0.4) is 0 Å². The monoisotopic (exact) mass is 1560 g/mol. The molecule has 0 saturated heterocycles. The summed E-state index contributed by atoms with van der Waals surface area (Å²) in [5, 5.41) is 35.3. The number of nitrogens with one attached hydrogen (secondary N) is 4. The van der Waals surface area contributed by atoms with Gasteiger partial charge in [0, 0.05) is 114 Å². The van der Waals surface area contributed by atoms with Gasteiger partial charge in [-0.15, -0.1) is 0 Å². The maximum Gasteiger partial charge on any atom is 0.329 e. The van der Waals surface area contributed by atoms with Crippen LogP contribution in [0.1, 0.15) is 281 Å². The Morgan fingerprint density at radius 2 is 0.788 bits per heavy atom. The number of aromatic nitrogens is 11. The lowest BCUT2D eigenvalue weighted by molar-refractivity contribution is -0.384. The summed E-state index contributed by atoms with van der Waals surface area (Å²) in [6, 6.07) is 24.9. The molecule has 6 heterocycles. The molecule has 7 N–H and O–H groups in total. The molecule has 3 aliphatic carbocycles. The number of benzene rings is 5. The van der Waals surface area contributed by atoms with E-state index in [1.54, 1.807) is 19.8 Å². The molecular weight excluding hydrogens is 1440 g/mol. The maximum absolute atomic E-state index is 12.9. The number of hydrogen-bond donors (Lipinski definition) is 6. The number of H-pyrrole nitrogens is 3. The molecule has 612 valence electrons. The largest absolute Gasteiger partial charge is 0.515 e. The molecule has 0 atom stereocenters. The first kappa shape index (κ1) is 90.5. The van der Waals surface area contributed by atoms with Crippen LogP contribution in [0.5, 0.6) is 0 Å². The van der Waals surface area contributed by atoms with Crippen molar-refractivity contribution in [3.8, 4) is 0 Å². The quantitative estimate of drug-likeness (QED) is 0.0126. The van der Waals surface area contributed by atoms with Crippen LogP contribution < -0.4 is 39.6 Å². The Labute approximate surface area is 657 Å². The topological polar surface area (TPSA) is 380 Å². The Morgan fingerprint density at radius 1 is 0.407 bits per heavy atom. The number of aryl methyl sites for hydroxylation is 1. The summed E-state index contributed by atoms with van der Waals surface area (Å²) in [7, 11) is 0. The number of nitro groups is 2. The van der Waals surface area contributed by atoms with E-state index in [9.17, 15) is 58.6 Å². The molecule has 0 amide bonds. The number of aliphatic hydroxyl groups excluding tert-OH is 1. The van der Waals surface area contributed by atoms with Crippen molar-refractivity contribution in [2.24, 2.45) is 5.10 Å². The number of non-ortho nitro benzene ring substituents is 2. The minimum atomic E-state index is -0.509. The molecule has 3 aliphatic rings. The number of carbonyl (C=O) groups excluding carboxylic acids is 3. The summed E-state index contributed by atoms with van der Waals surface area (Å²) in [6.07, 6.45) is 13.4. The molecule has 0 radical (unpaired) electrons. The molecule has 0 spiro atoms. The zero-order valence-electron chi connectivity index (χ0n) is 66.0. The Morgan fingerprint density at radius 3 is 1.28 bits per heavy atom. The predicted molar refractivity (Wildman–Crippen MR) is 456 cm³/mol. The van der Waals surface area contributed by atoms with Crippen molar-refractivity contribution in [1.29, 1.82) is 0 Å². The molecule has 11 aromatic rings. The van der Waals surface area contributed by atoms with E-state index in [0.29, 0.717) is 52.8 Å². The number of anilines is 2. The van der Waals surface area contributed by atoms with Crippen molar-refractivity contribution in [1.82, 2.24) is 51.5 Å². The third-order valence-electron chi connectivity index (χ3n) is 19.9. The number of hydrazone groups is 1. The van der Waals surface area contributed by atoms with E-state index in [2.05, 4.69) is 31.5 Å². The van der Waals surface area contributed by atoms with E-state index in [1.165, 1.54) is 30.3 Å². The van der Waals surface area contributed by atoms with Gasteiger partial charge in [0.05, 0.1) is 82.7 Å². The van der Waals surface area contributed by atoms with Crippen LogP contribution in [0.4, 0.5) is 22.7 Å². The van der Waals surface area contributed by atoms with Crippen LogP contribution in [0.2, 0.25) is 0 Å². The third-order valence-corrected chi connectivity index (χ3v) is 19.9. The van der Waals surface area contributed by atoms with Gasteiger partial charge in [-0.05, 0) is 235 Å².